The molecule has 0 radical (unpaired) electrons. The molecule has 5 atom stereocenters. The van der Waals surface area contributed by atoms with Crippen molar-refractivity contribution in [2.24, 2.45) is 0 Å². The summed E-state index contributed by atoms with van der Waals surface area (Å²) in [6.45, 7) is 7.79. The van der Waals surface area contributed by atoms with Crippen LogP contribution in [-0.2, 0) is 17.6 Å². The van der Waals surface area contributed by atoms with Gasteiger partial charge in [-0.1, -0.05) is 12.1 Å². The molecule has 1 amide bonds. The minimum Gasteiger partial charge on any atom is -0.507 e. The van der Waals surface area contributed by atoms with Crippen molar-refractivity contribution in [2.75, 3.05) is 20.4 Å². The van der Waals surface area contributed by atoms with Gasteiger partial charge in [-0.2, -0.15) is 5.26 Å². The third-order valence-electron chi connectivity index (χ3n) is 9.25. The van der Waals surface area contributed by atoms with E-state index in [0.717, 1.165) is 33.4 Å². The Hall–Kier alpha value is -3.74. The number of allylic oxidation sites excluding steroid dienone is 1. The van der Waals surface area contributed by atoms with Gasteiger partial charge in [-0.25, -0.2) is 0 Å². The van der Waals surface area contributed by atoms with Crippen molar-refractivity contribution in [1.29, 1.82) is 5.26 Å². The molecule has 9 heteroatoms. The summed E-state index contributed by atoms with van der Waals surface area (Å²) in [6.07, 6.45) is 4.22. The molecular formula is C30H34N4O5. The number of aromatic hydroxyl groups is 2. The number of ether oxygens (including phenoxy) is 2. The fraction of sp³-hybridized carbons (Fsp3) is 0.467. The quantitative estimate of drug-likeness (QED) is 0.518. The van der Waals surface area contributed by atoms with Crippen LogP contribution in [0, 0.1) is 32.1 Å². The number of phenols is 2. The van der Waals surface area contributed by atoms with E-state index in [4.69, 9.17) is 9.47 Å². The van der Waals surface area contributed by atoms with Crippen LogP contribution in [0.15, 0.2) is 18.2 Å². The molecule has 4 aliphatic rings. The van der Waals surface area contributed by atoms with Crippen LogP contribution in [0.3, 0.4) is 0 Å². The number of nitrogens with zero attached hydrogens (tertiary/aromatic N) is 3. The average molecular weight is 531 g/mol. The number of nitriles is 1. The van der Waals surface area contributed by atoms with Crippen molar-refractivity contribution < 1.29 is 24.5 Å². The minimum absolute atomic E-state index is 0.0443. The van der Waals surface area contributed by atoms with Gasteiger partial charge in [-0.05, 0) is 70.4 Å². The molecule has 3 N–H and O–H groups in total. The third-order valence-corrected chi connectivity index (χ3v) is 9.25. The zero-order valence-electron chi connectivity index (χ0n) is 22.9. The SMILES string of the molecule is C/C=C/C(=O)NC[C@H]1c2c(c(O)c(C)c3c2OCO3)CC2[C@H]3c4c(cc(C)c(C)c4O)C[C@H]([C@H](C#N)N21)N3C. The van der Waals surface area contributed by atoms with Gasteiger partial charge in [0.05, 0.1) is 18.2 Å². The first-order chi connectivity index (χ1) is 18.7. The van der Waals surface area contributed by atoms with Crippen molar-refractivity contribution in [3.05, 3.63) is 57.2 Å². The summed E-state index contributed by atoms with van der Waals surface area (Å²) in [6, 6.07) is 3.21. The molecule has 2 bridgehead atoms. The van der Waals surface area contributed by atoms with Gasteiger partial charge >= 0.3 is 0 Å². The molecule has 1 saturated heterocycles. The topological polar surface area (TPSA) is 118 Å². The highest BCUT2D eigenvalue weighted by Crippen LogP contribution is 2.57. The molecule has 0 aromatic heterocycles. The summed E-state index contributed by atoms with van der Waals surface area (Å²) in [7, 11) is 2.03. The second-order valence-corrected chi connectivity index (χ2v) is 11.1. The number of aryl methyl sites for hydroxylation is 1. The second-order valence-electron chi connectivity index (χ2n) is 11.1. The summed E-state index contributed by atoms with van der Waals surface area (Å²) in [5.41, 5.74) is 5.95. The molecular weight excluding hydrogens is 496 g/mol. The molecule has 4 aliphatic heterocycles. The Morgan fingerprint density at radius 3 is 2.59 bits per heavy atom. The molecule has 1 fully saturated rings. The standard InChI is InChI=1S/C30H34N4O5/c1-6-7-23(35)32-12-22-25-18(27(36)16(4)29-30(25)39-13-38-29)10-20-26-24-17(8-14(2)15(3)28(24)37)9-19(33(26)5)21(11-31)34(20)22/h6-8,19-22,26,36-37H,9-10,12-13H2,1-5H3,(H,32,35)/b7-6+/t19-,20?,21+,22+,26+/m1/s1. The number of benzene rings is 2. The number of amides is 1. The van der Waals surface area contributed by atoms with Gasteiger partial charge in [0, 0.05) is 40.9 Å². The lowest BCUT2D eigenvalue weighted by molar-refractivity contribution is -0.117. The number of nitrogens with one attached hydrogen (secondary N) is 1. The van der Waals surface area contributed by atoms with Gasteiger partial charge in [0.1, 0.15) is 17.5 Å². The smallest absolute Gasteiger partial charge is 0.243 e. The molecule has 0 aliphatic carbocycles. The third kappa shape index (κ3) is 3.55. The molecule has 2 aromatic carbocycles. The summed E-state index contributed by atoms with van der Waals surface area (Å²) in [5.74, 6) is 1.29. The van der Waals surface area contributed by atoms with E-state index in [-0.39, 0.29) is 43.1 Å². The number of hydrogen-bond donors (Lipinski definition) is 3. The van der Waals surface area contributed by atoms with Crippen LogP contribution in [0.2, 0.25) is 0 Å². The van der Waals surface area contributed by atoms with E-state index >= 15 is 0 Å². The van der Waals surface area contributed by atoms with Crippen molar-refractivity contribution >= 4 is 5.91 Å². The van der Waals surface area contributed by atoms with E-state index in [1.807, 2.05) is 27.8 Å². The fourth-order valence-corrected chi connectivity index (χ4v) is 7.32. The lowest BCUT2D eigenvalue weighted by Crippen LogP contribution is -2.68. The van der Waals surface area contributed by atoms with Crippen molar-refractivity contribution in [3.63, 3.8) is 0 Å². The fourth-order valence-electron chi connectivity index (χ4n) is 7.32. The van der Waals surface area contributed by atoms with Gasteiger partial charge in [0.15, 0.2) is 11.5 Å². The molecule has 0 saturated carbocycles. The normalized spacial score (nSPS) is 27.0. The summed E-state index contributed by atoms with van der Waals surface area (Å²) in [4.78, 5) is 17.0. The Morgan fingerprint density at radius 2 is 1.87 bits per heavy atom. The Balaban J connectivity index is 1.58. The van der Waals surface area contributed by atoms with Crippen LogP contribution in [0.4, 0.5) is 0 Å². The summed E-state index contributed by atoms with van der Waals surface area (Å²) >= 11 is 0. The van der Waals surface area contributed by atoms with Crippen LogP contribution in [-0.4, -0.2) is 64.4 Å². The predicted molar refractivity (Wildman–Crippen MR) is 144 cm³/mol. The van der Waals surface area contributed by atoms with E-state index < -0.39 is 12.1 Å². The lowest BCUT2D eigenvalue weighted by atomic mass is 9.71. The number of rotatable bonds is 3. The largest absolute Gasteiger partial charge is 0.507 e. The molecule has 6 rings (SSSR count). The average Bonchev–Trinajstić information content (AvgIpc) is 3.40. The van der Waals surface area contributed by atoms with Gasteiger partial charge in [0.25, 0.3) is 0 Å². The van der Waals surface area contributed by atoms with Crippen LogP contribution in [0.5, 0.6) is 23.0 Å². The van der Waals surface area contributed by atoms with E-state index in [1.165, 1.54) is 6.08 Å². The number of piperazine rings is 1. The first-order valence-electron chi connectivity index (χ1n) is 13.4. The molecule has 4 heterocycles. The Kier molecular flexibility index (Phi) is 6.01. The van der Waals surface area contributed by atoms with Crippen LogP contribution in [0.25, 0.3) is 0 Å². The first kappa shape index (κ1) is 25.5. The Labute approximate surface area is 228 Å². The predicted octanol–water partition coefficient (Wildman–Crippen LogP) is 3.22. The summed E-state index contributed by atoms with van der Waals surface area (Å²) in [5, 5.41) is 36.5. The summed E-state index contributed by atoms with van der Waals surface area (Å²) < 4.78 is 11.7. The van der Waals surface area contributed by atoms with E-state index in [9.17, 15) is 20.3 Å². The van der Waals surface area contributed by atoms with Crippen LogP contribution >= 0.6 is 0 Å². The lowest BCUT2D eigenvalue weighted by Gasteiger charge is -2.60. The number of fused-ring (bicyclic) bond motifs is 9. The molecule has 2 aromatic rings. The van der Waals surface area contributed by atoms with Gasteiger partial charge in [0.2, 0.25) is 12.7 Å². The number of likely N-dealkylation sites (N-methyl/N-ethyl adjacent to an activating group) is 1. The maximum atomic E-state index is 12.6. The molecule has 9 nitrogen and oxygen atoms in total. The van der Waals surface area contributed by atoms with Gasteiger partial charge in [-0.3, -0.25) is 14.6 Å². The number of hydrogen-bond acceptors (Lipinski definition) is 8. The molecule has 39 heavy (non-hydrogen) atoms. The van der Waals surface area contributed by atoms with E-state index in [1.54, 1.807) is 13.0 Å². The van der Waals surface area contributed by atoms with Gasteiger partial charge < -0.3 is 25.0 Å². The second kappa shape index (κ2) is 9.18. The highest BCUT2D eigenvalue weighted by atomic mass is 16.7. The highest BCUT2D eigenvalue weighted by Gasteiger charge is 2.56. The van der Waals surface area contributed by atoms with Gasteiger partial charge in [-0.15, -0.1) is 0 Å². The molecule has 0 spiro atoms. The molecule has 204 valence electrons. The monoisotopic (exact) mass is 530 g/mol. The van der Waals surface area contributed by atoms with Crippen LogP contribution in [0.1, 0.15) is 58.0 Å². The van der Waals surface area contributed by atoms with E-state index in [0.29, 0.717) is 35.7 Å². The van der Waals surface area contributed by atoms with Crippen molar-refractivity contribution in [1.82, 2.24) is 15.1 Å². The van der Waals surface area contributed by atoms with Crippen LogP contribution < -0.4 is 14.8 Å². The maximum absolute atomic E-state index is 12.6. The highest BCUT2D eigenvalue weighted by molar-refractivity contribution is 5.87. The maximum Gasteiger partial charge on any atom is 0.243 e. The Morgan fingerprint density at radius 1 is 1.13 bits per heavy atom. The van der Waals surface area contributed by atoms with Crippen molar-refractivity contribution in [3.8, 4) is 29.1 Å². The minimum atomic E-state index is -0.494. The zero-order chi connectivity index (χ0) is 27.7. The van der Waals surface area contributed by atoms with Crippen molar-refractivity contribution in [2.45, 2.75) is 70.7 Å². The number of carbonyl (C=O) groups excluding carboxylic acids is 1. The first-order valence-corrected chi connectivity index (χ1v) is 13.4. The zero-order valence-corrected chi connectivity index (χ0v) is 22.9. The molecule has 1 unspecified atom stereocenters. The number of phenolic OH excluding ortho intramolecular Hbond substituents is 2. The van der Waals surface area contributed by atoms with E-state index in [2.05, 4.69) is 27.3 Å². The Bertz CT molecular complexity index is 1460. The number of carbonyl (C=O) groups is 1.